The molecule has 2 aliphatic heterocycles. The first-order chi connectivity index (χ1) is 9.92. The quantitative estimate of drug-likeness (QED) is 0.886. The minimum atomic E-state index is 0.731. The van der Waals surface area contributed by atoms with Gasteiger partial charge in [0.15, 0.2) is 0 Å². The Bertz CT molecular complexity index is 375. The van der Waals surface area contributed by atoms with E-state index in [1.54, 1.807) is 6.33 Å². The summed E-state index contributed by atoms with van der Waals surface area (Å²) in [6.07, 6.45) is 9.08. The molecule has 1 N–H and O–H groups in total. The third-order valence-corrected chi connectivity index (χ3v) is 4.56. The van der Waals surface area contributed by atoms with Gasteiger partial charge in [0.05, 0.1) is 19.5 Å². The Morgan fingerprint density at radius 2 is 2.15 bits per heavy atom. The summed E-state index contributed by atoms with van der Waals surface area (Å²) >= 11 is 0. The second kappa shape index (κ2) is 7.20. The summed E-state index contributed by atoms with van der Waals surface area (Å²) in [6.45, 7) is 7.49. The fraction of sp³-hybridized carbons (Fsp3) is 0.800. The highest BCUT2D eigenvalue weighted by atomic mass is 16.5. The summed E-state index contributed by atoms with van der Waals surface area (Å²) < 4.78 is 5.42. The highest BCUT2D eigenvalue weighted by molar-refractivity contribution is 4.95. The van der Waals surface area contributed by atoms with E-state index in [1.807, 2.05) is 6.20 Å². The normalized spacial score (nSPS) is 25.9. The van der Waals surface area contributed by atoms with Crippen molar-refractivity contribution in [3.8, 4) is 0 Å². The lowest BCUT2D eigenvalue weighted by molar-refractivity contribution is 0.0301. The third-order valence-electron chi connectivity index (χ3n) is 4.56. The molecular formula is C15H26N4O. The van der Waals surface area contributed by atoms with Crippen molar-refractivity contribution < 1.29 is 4.74 Å². The van der Waals surface area contributed by atoms with Crippen molar-refractivity contribution >= 4 is 0 Å². The molecule has 0 amide bonds. The van der Waals surface area contributed by atoms with Crippen LogP contribution in [-0.2, 0) is 11.3 Å². The van der Waals surface area contributed by atoms with Gasteiger partial charge in [0.25, 0.3) is 0 Å². The number of rotatable bonds is 5. The summed E-state index contributed by atoms with van der Waals surface area (Å²) in [4.78, 5) is 12.5. The van der Waals surface area contributed by atoms with Crippen molar-refractivity contribution in [2.45, 2.75) is 38.3 Å². The number of nitrogens with zero attached hydrogens (tertiary/aromatic N) is 3. The van der Waals surface area contributed by atoms with Crippen molar-refractivity contribution in [2.24, 2.45) is 0 Å². The van der Waals surface area contributed by atoms with E-state index in [0.717, 1.165) is 38.9 Å². The number of H-pyrrole nitrogens is 1. The average molecular weight is 278 g/mol. The molecule has 2 fully saturated rings. The van der Waals surface area contributed by atoms with E-state index in [-0.39, 0.29) is 0 Å². The molecule has 0 bridgehead atoms. The van der Waals surface area contributed by atoms with Gasteiger partial charge in [-0.15, -0.1) is 0 Å². The third kappa shape index (κ3) is 3.81. The number of morpholine rings is 1. The predicted octanol–water partition coefficient (Wildman–Crippen LogP) is 1.49. The van der Waals surface area contributed by atoms with E-state index in [1.165, 1.54) is 44.5 Å². The first-order valence-corrected chi connectivity index (χ1v) is 7.93. The number of ether oxygens (including phenoxy) is 1. The number of nitrogens with one attached hydrogen (secondary N) is 1. The van der Waals surface area contributed by atoms with Crippen LogP contribution in [0, 0.1) is 0 Å². The topological polar surface area (TPSA) is 44.4 Å². The minimum Gasteiger partial charge on any atom is -0.379 e. The average Bonchev–Trinajstić information content (AvgIpc) is 3.00. The van der Waals surface area contributed by atoms with Crippen molar-refractivity contribution in [3.05, 3.63) is 18.2 Å². The molecule has 1 aromatic heterocycles. The number of imidazole rings is 1. The second-order valence-electron chi connectivity index (χ2n) is 5.94. The molecule has 0 radical (unpaired) electrons. The fourth-order valence-corrected chi connectivity index (χ4v) is 3.34. The number of hydrogen-bond acceptors (Lipinski definition) is 4. The Hall–Kier alpha value is -0.910. The van der Waals surface area contributed by atoms with E-state index in [4.69, 9.17) is 4.74 Å². The number of piperidine rings is 1. The molecule has 2 aliphatic rings. The second-order valence-corrected chi connectivity index (χ2v) is 5.94. The van der Waals surface area contributed by atoms with E-state index in [9.17, 15) is 0 Å². The van der Waals surface area contributed by atoms with Crippen molar-refractivity contribution in [2.75, 3.05) is 39.4 Å². The summed E-state index contributed by atoms with van der Waals surface area (Å²) in [6, 6.07) is 0.731. The molecule has 112 valence electrons. The molecule has 0 aliphatic carbocycles. The molecule has 3 heterocycles. The van der Waals surface area contributed by atoms with E-state index in [0.29, 0.717) is 0 Å². The smallest absolute Gasteiger partial charge is 0.0922 e. The first-order valence-electron chi connectivity index (χ1n) is 7.93. The molecule has 0 saturated carbocycles. The zero-order valence-electron chi connectivity index (χ0n) is 12.3. The molecule has 0 spiro atoms. The fourth-order valence-electron chi connectivity index (χ4n) is 3.34. The monoisotopic (exact) mass is 278 g/mol. The number of hydrogen-bond donors (Lipinski definition) is 1. The first kappa shape index (κ1) is 14.0. The lowest BCUT2D eigenvalue weighted by Gasteiger charge is -2.37. The molecule has 0 unspecified atom stereocenters. The molecule has 0 aromatic carbocycles. The zero-order valence-corrected chi connectivity index (χ0v) is 12.3. The van der Waals surface area contributed by atoms with Crippen molar-refractivity contribution in [1.82, 2.24) is 19.8 Å². The summed E-state index contributed by atoms with van der Waals surface area (Å²) in [5.74, 6) is 0. The lowest BCUT2D eigenvalue weighted by Crippen LogP contribution is -2.43. The Morgan fingerprint density at radius 3 is 2.95 bits per heavy atom. The minimum absolute atomic E-state index is 0.731. The SMILES string of the molecule is c1ncc(CN2CCCC[C@@H]2CCN2CCOCC2)[nH]1. The van der Waals surface area contributed by atoms with Crippen molar-refractivity contribution in [1.29, 1.82) is 0 Å². The summed E-state index contributed by atoms with van der Waals surface area (Å²) in [5.41, 5.74) is 1.24. The maximum absolute atomic E-state index is 5.42. The van der Waals surface area contributed by atoms with Crippen LogP contribution in [0.2, 0.25) is 0 Å². The van der Waals surface area contributed by atoms with Crippen LogP contribution in [0.5, 0.6) is 0 Å². The molecule has 5 heteroatoms. The van der Waals surface area contributed by atoms with Gasteiger partial charge >= 0.3 is 0 Å². The molecule has 20 heavy (non-hydrogen) atoms. The largest absolute Gasteiger partial charge is 0.379 e. The Kier molecular flexibility index (Phi) is 5.06. The molecule has 1 atom stereocenters. The molecular weight excluding hydrogens is 252 g/mol. The summed E-state index contributed by atoms with van der Waals surface area (Å²) in [5, 5.41) is 0. The molecule has 5 nitrogen and oxygen atoms in total. The molecule has 2 saturated heterocycles. The maximum atomic E-state index is 5.42. The van der Waals surface area contributed by atoms with E-state index < -0.39 is 0 Å². The van der Waals surface area contributed by atoms with Gasteiger partial charge in [-0.2, -0.15) is 0 Å². The predicted molar refractivity (Wildman–Crippen MR) is 78.5 cm³/mol. The van der Waals surface area contributed by atoms with Crippen LogP contribution in [0.4, 0.5) is 0 Å². The lowest BCUT2D eigenvalue weighted by atomic mass is 9.99. The van der Waals surface area contributed by atoms with Gasteiger partial charge < -0.3 is 9.72 Å². The van der Waals surface area contributed by atoms with Crippen LogP contribution >= 0.6 is 0 Å². The van der Waals surface area contributed by atoms with Crippen LogP contribution in [0.25, 0.3) is 0 Å². The van der Waals surface area contributed by atoms with E-state index >= 15 is 0 Å². The highest BCUT2D eigenvalue weighted by Crippen LogP contribution is 2.21. The van der Waals surface area contributed by atoms with Crippen molar-refractivity contribution in [3.63, 3.8) is 0 Å². The molecule has 3 rings (SSSR count). The van der Waals surface area contributed by atoms with Crippen LogP contribution < -0.4 is 0 Å². The van der Waals surface area contributed by atoms with Crippen LogP contribution in [-0.4, -0.2) is 65.2 Å². The van der Waals surface area contributed by atoms with Crippen LogP contribution in [0.3, 0.4) is 0 Å². The van der Waals surface area contributed by atoms with Crippen LogP contribution in [0.1, 0.15) is 31.4 Å². The van der Waals surface area contributed by atoms with Gasteiger partial charge in [0.1, 0.15) is 0 Å². The number of likely N-dealkylation sites (tertiary alicyclic amines) is 1. The van der Waals surface area contributed by atoms with Gasteiger partial charge in [-0.1, -0.05) is 6.42 Å². The Balaban J connectivity index is 1.49. The van der Waals surface area contributed by atoms with Gasteiger partial charge in [-0.3, -0.25) is 9.80 Å². The van der Waals surface area contributed by atoms with Gasteiger partial charge in [-0.05, 0) is 32.4 Å². The van der Waals surface area contributed by atoms with Gasteiger partial charge in [-0.25, -0.2) is 4.98 Å². The van der Waals surface area contributed by atoms with Crippen LogP contribution in [0.15, 0.2) is 12.5 Å². The standard InChI is InChI=1S/C15H26N4O/c1-2-5-19(12-14-11-16-13-17-14)15(3-1)4-6-18-7-9-20-10-8-18/h11,13,15H,1-10,12H2,(H,16,17)/t15-/m1/s1. The highest BCUT2D eigenvalue weighted by Gasteiger charge is 2.23. The van der Waals surface area contributed by atoms with E-state index in [2.05, 4.69) is 19.8 Å². The zero-order chi connectivity index (χ0) is 13.6. The number of aromatic amines is 1. The van der Waals surface area contributed by atoms with Gasteiger partial charge in [0, 0.05) is 37.6 Å². The summed E-state index contributed by atoms with van der Waals surface area (Å²) in [7, 11) is 0. The Labute approximate surface area is 121 Å². The Morgan fingerprint density at radius 1 is 1.25 bits per heavy atom. The maximum Gasteiger partial charge on any atom is 0.0922 e. The molecule has 1 aromatic rings. The number of aromatic nitrogens is 2. The van der Waals surface area contributed by atoms with Gasteiger partial charge in [0.2, 0.25) is 0 Å².